The van der Waals surface area contributed by atoms with E-state index in [0.29, 0.717) is 5.69 Å². The molecule has 1 aliphatic carbocycles. The number of thiophene rings is 1. The van der Waals surface area contributed by atoms with Crippen LogP contribution in [-0.4, -0.2) is 24.4 Å². The number of fused-ring (bicyclic) bond motifs is 2. The first kappa shape index (κ1) is 20.9. The molecule has 164 valence electrons. The van der Waals surface area contributed by atoms with Crippen molar-refractivity contribution in [1.82, 2.24) is 5.32 Å². The number of carbonyl (C=O) groups is 2. The predicted octanol–water partition coefficient (Wildman–Crippen LogP) is 4.68. The molecule has 2 N–H and O–H groups in total. The third-order valence-corrected chi connectivity index (χ3v) is 7.31. The Bertz CT molecular complexity index is 1140. The predicted molar refractivity (Wildman–Crippen MR) is 129 cm³/mol. The number of benzene rings is 2. The molecular formula is C26H27N3O2S. The molecule has 3 aromatic rings. The summed E-state index contributed by atoms with van der Waals surface area (Å²) in [6.45, 7) is 2.11. The van der Waals surface area contributed by atoms with E-state index in [0.717, 1.165) is 18.5 Å². The number of para-hydroxylation sites is 2. The zero-order valence-corrected chi connectivity index (χ0v) is 19.0. The molecule has 32 heavy (non-hydrogen) atoms. The molecule has 2 aliphatic rings. The Kier molecular flexibility index (Phi) is 5.81. The van der Waals surface area contributed by atoms with E-state index in [1.807, 2.05) is 37.3 Å². The summed E-state index contributed by atoms with van der Waals surface area (Å²) < 4.78 is 0. The molecule has 1 aromatic heterocycles. The van der Waals surface area contributed by atoms with Crippen molar-refractivity contribution in [2.24, 2.45) is 0 Å². The standard InChI is InChI=1S/C26H27N3O2S/c1-17-14-24(30)28-21-8-2-3-9-22(21)29(17)25(31)16-27-26(23-10-5-13-32-23)20-12-11-18-6-4-7-19(18)15-20/h2-3,5,8-13,15,17,26-27H,4,6-7,14,16H2,1H3,(H,28,30)/t17-,26-/m1/s1. The minimum Gasteiger partial charge on any atom is -0.324 e. The number of rotatable bonds is 5. The molecule has 0 spiro atoms. The van der Waals surface area contributed by atoms with E-state index in [4.69, 9.17) is 0 Å². The second-order valence-electron chi connectivity index (χ2n) is 8.59. The Hall–Kier alpha value is -2.96. The van der Waals surface area contributed by atoms with Crippen LogP contribution in [0.15, 0.2) is 60.0 Å². The smallest absolute Gasteiger partial charge is 0.241 e. The number of nitrogens with zero attached hydrogens (tertiary/aromatic N) is 1. The molecule has 2 atom stereocenters. The van der Waals surface area contributed by atoms with Gasteiger partial charge in [0.05, 0.1) is 24.0 Å². The van der Waals surface area contributed by atoms with Crippen molar-refractivity contribution in [2.45, 2.75) is 44.7 Å². The maximum Gasteiger partial charge on any atom is 0.241 e. The van der Waals surface area contributed by atoms with Crippen molar-refractivity contribution in [3.8, 4) is 0 Å². The fourth-order valence-corrected chi connectivity index (χ4v) is 5.68. The van der Waals surface area contributed by atoms with Crippen molar-refractivity contribution in [3.63, 3.8) is 0 Å². The summed E-state index contributed by atoms with van der Waals surface area (Å²) in [6.07, 6.45) is 3.78. The quantitative estimate of drug-likeness (QED) is 0.599. The summed E-state index contributed by atoms with van der Waals surface area (Å²) >= 11 is 1.70. The Morgan fingerprint density at radius 2 is 2.00 bits per heavy atom. The minimum absolute atomic E-state index is 0.0378. The summed E-state index contributed by atoms with van der Waals surface area (Å²) in [6, 6.07) is 18.2. The highest BCUT2D eigenvalue weighted by atomic mass is 32.1. The van der Waals surface area contributed by atoms with Gasteiger partial charge in [0, 0.05) is 17.3 Å². The van der Waals surface area contributed by atoms with E-state index >= 15 is 0 Å². The van der Waals surface area contributed by atoms with Crippen LogP contribution >= 0.6 is 11.3 Å². The molecule has 0 saturated heterocycles. The first-order chi connectivity index (χ1) is 15.6. The average Bonchev–Trinajstić information content (AvgIpc) is 3.45. The lowest BCUT2D eigenvalue weighted by molar-refractivity contribution is -0.118. The first-order valence-electron chi connectivity index (χ1n) is 11.2. The second kappa shape index (κ2) is 8.88. The van der Waals surface area contributed by atoms with Crippen LogP contribution in [0.2, 0.25) is 0 Å². The SMILES string of the molecule is C[C@@H]1CC(=O)Nc2ccccc2N1C(=O)CN[C@H](c1ccc2c(c1)CCC2)c1cccs1. The average molecular weight is 446 g/mol. The van der Waals surface area contributed by atoms with E-state index in [9.17, 15) is 9.59 Å². The number of hydrogen-bond donors (Lipinski definition) is 2. The summed E-state index contributed by atoms with van der Waals surface area (Å²) in [7, 11) is 0. The molecule has 2 aromatic carbocycles. The molecule has 2 heterocycles. The highest BCUT2D eigenvalue weighted by Crippen LogP contribution is 2.33. The van der Waals surface area contributed by atoms with Crippen molar-refractivity contribution in [2.75, 3.05) is 16.8 Å². The van der Waals surface area contributed by atoms with Crippen LogP contribution in [0.25, 0.3) is 0 Å². The molecule has 0 saturated carbocycles. The van der Waals surface area contributed by atoms with Gasteiger partial charge in [0.1, 0.15) is 0 Å². The number of amides is 2. The van der Waals surface area contributed by atoms with Crippen LogP contribution in [0.4, 0.5) is 11.4 Å². The van der Waals surface area contributed by atoms with Crippen LogP contribution < -0.4 is 15.5 Å². The largest absolute Gasteiger partial charge is 0.324 e. The number of anilines is 2. The second-order valence-corrected chi connectivity index (χ2v) is 9.57. The number of aryl methyl sites for hydroxylation is 2. The van der Waals surface area contributed by atoms with Crippen LogP contribution in [0.5, 0.6) is 0 Å². The van der Waals surface area contributed by atoms with E-state index < -0.39 is 0 Å². The van der Waals surface area contributed by atoms with E-state index in [2.05, 4.69) is 40.3 Å². The molecule has 6 heteroatoms. The van der Waals surface area contributed by atoms with Crippen molar-refractivity contribution >= 4 is 34.5 Å². The number of hydrogen-bond acceptors (Lipinski definition) is 4. The third kappa shape index (κ3) is 4.08. The van der Waals surface area contributed by atoms with Gasteiger partial charge < -0.3 is 10.2 Å². The van der Waals surface area contributed by atoms with Gasteiger partial charge in [-0.3, -0.25) is 14.9 Å². The van der Waals surface area contributed by atoms with Gasteiger partial charge in [0.15, 0.2) is 0 Å². The number of carbonyl (C=O) groups excluding carboxylic acids is 2. The van der Waals surface area contributed by atoms with Gasteiger partial charge in [-0.15, -0.1) is 11.3 Å². The van der Waals surface area contributed by atoms with E-state index in [1.54, 1.807) is 16.2 Å². The molecule has 0 bridgehead atoms. The van der Waals surface area contributed by atoms with Crippen LogP contribution in [-0.2, 0) is 22.4 Å². The lowest BCUT2D eigenvalue weighted by Gasteiger charge is -2.29. The summed E-state index contributed by atoms with van der Waals surface area (Å²) in [4.78, 5) is 28.7. The molecule has 2 amide bonds. The summed E-state index contributed by atoms with van der Waals surface area (Å²) in [5, 5.41) is 8.52. The molecule has 0 radical (unpaired) electrons. The number of nitrogens with one attached hydrogen (secondary N) is 2. The molecule has 5 rings (SSSR count). The van der Waals surface area contributed by atoms with Gasteiger partial charge >= 0.3 is 0 Å². The fraction of sp³-hybridized carbons (Fsp3) is 0.308. The Labute approximate surface area is 192 Å². The van der Waals surface area contributed by atoms with Gasteiger partial charge in [-0.25, -0.2) is 0 Å². The van der Waals surface area contributed by atoms with Gasteiger partial charge in [-0.2, -0.15) is 0 Å². The monoisotopic (exact) mass is 445 g/mol. The minimum atomic E-state index is -0.215. The van der Waals surface area contributed by atoms with Gasteiger partial charge in [-0.05, 0) is 66.5 Å². The van der Waals surface area contributed by atoms with Crippen molar-refractivity contribution < 1.29 is 9.59 Å². The van der Waals surface area contributed by atoms with Crippen molar-refractivity contribution in [3.05, 3.63) is 81.5 Å². The van der Waals surface area contributed by atoms with Crippen LogP contribution in [0, 0.1) is 0 Å². The lowest BCUT2D eigenvalue weighted by Crippen LogP contribution is -2.44. The maximum atomic E-state index is 13.5. The van der Waals surface area contributed by atoms with Crippen LogP contribution in [0.1, 0.15) is 47.4 Å². The Balaban J connectivity index is 1.40. The lowest BCUT2D eigenvalue weighted by atomic mass is 10.00. The highest BCUT2D eigenvalue weighted by molar-refractivity contribution is 7.10. The topological polar surface area (TPSA) is 61.4 Å². The molecule has 1 aliphatic heterocycles. The summed E-state index contributed by atoms with van der Waals surface area (Å²) in [5.74, 6) is -0.105. The van der Waals surface area contributed by atoms with Gasteiger partial charge in [0.2, 0.25) is 11.8 Å². The fourth-order valence-electron chi connectivity index (χ4n) is 4.85. The third-order valence-electron chi connectivity index (χ3n) is 6.37. The highest BCUT2D eigenvalue weighted by Gasteiger charge is 2.30. The van der Waals surface area contributed by atoms with Gasteiger partial charge in [-0.1, -0.05) is 36.4 Å². The molecule has 0 fully saturated rings. The van der Waals surface area contributed by atoms with Crippen molar-refractivity contribution in [1.29, 1.82) is 0 Å². The Morgan fingerprint density at radius 3 is 2.84 bits per heavy atom. The molecule has 5 nitrogen and oxygen atoms in total. The van der Waals surface area contributed by atoms with Crippen LogP contribution in [0.3, 0.4) is 0 Å². The first-order valence-corrected chi connectivity index (χ1v) is 12.1. The van der Waals surface area contributed by atoms with Gasteiger partial charge in [0.25, 0.3) is 0 Å². The maximum absolute atomic E-state index is 13.5. The summed E-state index contributed by atoms with van der Waals surface area (Å²) in [5.41, 5.74) is 5.51. The normalized spacial score (nSPS) is 18.5. The van der Waals surface area contributed by atoms with E-state index in [-0.39, 0.29) is 36.9 Å². The molecule has 0 unspecified atom stereocenters. The zero-order valence-electron chi connectivity index (χ0n) is 18.1. The Morgan fingerprint density at radius 1 is 1.16 bits per heavy atom. The molecular weight excluding hydrogens is 418 g/mol. The van der Waals surface area contributed by atoms with E-state index in [1.165, 1.54) is 28.0 Å². The zero-order chi connectivity index (χ0) is 22.1.